The minimum Gasteiger partial charge on any atom is -0.320 e. The van der Waals surface area contributed by atoms with Crippen LogP contribution in [-0.2, 0) is 0 Å². The zero-order valence-corrected chi connectivity index (χ0v) is 16.1. The van der Waals surface area contributed by atoms with Gasteiger partial charge in [-0.3, -0.25) is 9.80 Å². The van der Waals surface area contributed by atoms with Crippen LogP contribution in [0.1, 0.15) is 25.7 Å². The van der Waals surface area contributed by atoms with Crippen molar-refractivity contribution in [3.05, 3.63) is 0 Å². The highest BCUT2D eigenvalue weighted by atomic mass is 15.3. The standard InChI is InChI=1S/C17H42N6/c1-18-9-5-13-22(14-6-10-19-2)17-23(15-7-11-20-3)16-8-12-21-4/h18-21H,5-17H2,1-4H3. The fourth-order valence-electron chi connectivity index (χ4n) is 2.71. The van der Waals surface area contributed by atoms with Crippen molar-refractivity contribution in [2.75, 3.05) is 87.2 Å². The van der Waals surface area contributed by atoms with E-state index in [4.69, 9.17) is 0 Å². The van der Waals surface area contributed by atoms with Gasteiger partial charge in [-0.2, -0.15) is 0 Å². The maximum absolute atomic E-state index is 3.26. The second-order valence-electron chi connectivity index (χ2n) is 6.21. The van der Waals surface area contributed by atoms with Gasteiger partial charge >= 0.3 is 0 Å². The SMILES string of the molecule is CNCCCN(CCCNC)CN(CCCNC)CCCNC. The van der Waals surface area contributed by atoms with E-state index in [1.807, 2.05) is 28.2 Å². The minimum absolute atomic E-state index is 1.10. The van der Waals surface area contributed by atoms with E-state index in [0.717, 1.165) is 32.8 Å². The van der Waals surface area contributed by atoms with Gasteiger partial charge in [-0.15, -0.1) is 0 Å². The monoisotopic (exact) mass is 330 g/mol. The van der Waals surface area contributed by atoms with Crippen molar-refractivity contribution in [3.63, 3.8) is 0 Å². The fraction of sp³-hybridized carbons (Fsp3) is 1.00. The molecule has 6 nitrogen and oxygen atoms in total. The summed E-state index contributed by atoms with van der Waals surface area (Å²) in [6, 6.07) is 0. The maximum Gasteiger partial charge on any atom is 0.0506 e. The van der Waals surface area contributed by atoms with Gasteiger partial charge in [-0.25, -0.2) is 0 Å². The van der Waals surface area contributed by atoms with Crippen LogP contribution in [0.15, 0.2) is 0 Å². The van der Waals surface area contributed by atoms with Gasteiger partial charge < -0.3 is 21.3 Å². The van der Waals surface area contributed by atoms with Crippen molar-refractivity contribution >= 4 is 0 Å². The molecule has 0 spiro atoms. The van der Waals surface area contributed by atoms with Crippen molar-refractivity contribution in [3.8, 4) is 0 Å². The second kappa shape index (κ2) is 18.1. The Hall–Kier alpha value is -0.240. The first-order valence-corrected chi connectivity index (χ1v) is 9.31. The summed E-state index contributed by atoms with van der Waals surface area (Å²) in [4.78, 5) is 5.24. The topological polar surface area (TPSA) is 54.6 Å². The van der Waals surface area contributed by atoms with Gasteiger partial charge in [0.05, 0.1) is 6.67 Å². The Labute approximate surface area is 144 Å². The zero-order valence-electron chi connectivity index (χ0n) is 16.1. The molecule has 0 heterocycles. The normalized spacial score (nSPS) is 11.7. The van der Waals surface area contributed by atoms with Crippen molar-refractivity contribution in [1.29, 1.82) is 0 Å². The first-order chi connectivity index (χ1) is 11.3. The van der Waals surface area contributed by atoms with Gasteiger partial charge in [0.2, 0.25) is 0 Å². The van der Waals surface area contributed by atoms with E-state index in [9.17, 15) is 0 Å². The summed E-state index contributed by atoms with van der Waals surface area (Å²) < 4.78 is 0. The molecule has 0 aliphatic rings. The molecule has 0 aromatic heterocycles. The molecule has 0 aliphatic heterocycles. The smallest absolute Gasteiger partial charge is 0.0506 e. The van der Waals surface area contributed by atoms with Crippen molar-refractivity contribution in [1.82, 2.24) is 31.1 Å². The molecule has 0 radical (unpaired) electrons. The van der Waals surface area contributed by atoms with E-state index < -0.39 is 0 Å². The van der Waals surface area contributed by atoms with Gasteiger partial charge in [0, 0.05) is 26.2 Å². The molecule has 0 saturated carbocycles. The Morgan fingerprint density at radius 2 is 0.739 bits per heavy atom. The van der Waals surface area contributed by atoms with E-state index in [2.05, 4.69) is 31.1 Å². The molecular weight excluding hydrogens is 288 g/mol. The number of nitrogens with one attached hydrogen (secondary N) is 4. The summed E-state index contributed by atoms with van der Waals surface area (Å²) in [5.74, 6) is 0. The van der Waals surface area contributed by atoms with E-state index >= 15 is 0 Å². The van der Waals surface area contributed by atoms with Gasteiger partial charge in [0.15, 0.2) is 0 Å². The van der Waals surface area contributed by atoms with Crippen LogP contribution in [0.3, 0.4) is 0 Å². The summed E-state index contributed by atoms with van der Waals surface area (Å²) in [5, 5.41) is 13.0. The molecule has 0 aliphatic carbocycles. The summed E-state index contributed by atoms with van der Waals surface area (Å²) in [6.07, 6.45) is 4.88. The third kappa shape index (κ3) is 15.1. The van der Waals surface area contributed by atoms with Crippen LogP contribution in [0.5, 0.6) is 0 Å². The zero-order chi connectivity index (χ0) is 17.2. The Morgan fingerprint density at radius 3 is 0.957 bits per heavy atom. The molecule has 0 fully saturated rings. The molecule has 23 heavy (non-hydrogen) atoms. The molecule has 0 rings (SSSR count). The average Bonchev–Trinajstić information content (AvgIpc) is 2.55. The third-order valence-corrected chi connectivity index (χ3v) is 4.00. The Kier molecular flexibility index (Phi) is 17.9. The lowest BCUT2D eigenvalue weighted by molar-refractivity contribution is 0.126. The van der Waals surface area contributed by atoms with Crippen LogP contribution in [0.4, 0.5) is 0 Å². The van der Waals surface area contributed by atoms with Crippen LogP contribution in [-0.4, -0.2) is 97.0 Å². The molecule has 0 unspecified atom stereocenters. The largest absolute Gasteiger partial charge is 0.320 e. The Balaban J connectivity index is 4.31. The lowest BCUT2D eigenvalue weighted by Crippen LogP contribution is -2.42. The lowest BCUT2D eigenvalue weighted by Gasteiger charge is -2.31. The molecule has 0 aromatic carbocycles. The van der Waals surface area contributed by atoms with Crippen molar-refractivity contribution in [2.24, 2.45) is 0 Å². The lowest BCUT2D eigenvalue weighted by atomic mass is 10.3. The molecule has 0 aromatic rings. The van der Waals surface area contributed by atoms with E-state index in [0.29, 0.717) is 0 Å². The first kappa shape index (κ1) is 22.8. The summed E-state index contributed by atoms with van der Waals surface area (Å²) in [5.41, 5.74) is 0. The number of nitrogens with zero attached hydrogens (tertiary/aromatic N) is 2. The van der Waals surface area contributed by atoms with E-state index in [-0.39, 0.29) is 0 Å². The highest BCUT2D eigenvalue weighted by Gasteiger charge is 2.11. The van der Waals surface area contributed by atoms with E-state index in [1.165, 1.54) is 51.9 Å². The van der Waals surface area contributed by atoms with Crippen LogP contribution in [0.2, 0.25) is 0 Å². The van der Waals surface area contributed by atoms with Crippen LogP contribution in [0, 0.1) is 0 Å². The van der Waals surface area contributed by atoms with Gasteiger partial charge in [0.1, 0.15) is 0 Å². The van der Waals surface area contributed by atoms with Gasteiger partial charge in [-0.05, 0) is 80.1 Å². The predicted octanol–water partition coefficient (Wildman–Crippen LogP) is -0.0141. The summed E-state index contributed by atoms with van der Waals surface area (Å²) >= 11 is 0. The molecule has 4 N–H and O–H groups in total. The summed E-state index contributed by atoms with van der Waals surface area (Å²) in [7, 11) is 8.14. The van der Waals surface area contributed by atoms with Crippen LogP contribution in [0.25, 0.3) is 0 Å². The summed E-state index contributed by atoms with van der Waals surface area (Å²) in [6.45, 7) is 10.2. The van der Waals surface area contributed by atoms with E-state index in [1.54, 1.807) is 0 Å². The second-order valence-corrected chi connectivity index (χ2v) is 6.21. The van der Waals surface area contributed by atoms with Crippen molar-refractivity contribution in [2.45, 2.75) is 25.7 Å². The number of hydrogen-bond acceptors (Lipinski definition) is 6. The molecule has 0 atom stereocenters. The van der Waals surface area contributed by atoms with Gasteiger partial charge in [-0.1, -0.05) is 0 Å². The number of hydrogen-bond donors (Lipinski definition) is 4. The van der Waals surface area contributed by atoms with Crippen LogP contribution < -0.4 is 21.3 Å². The Morgan fingerprint density at radius 1 is 0.478 bits per heavy atom. The highest BCUT2D eigenvalue weighted by molar-refractivity contribution is 4.64. The minimum atomic E-state index is 1.10. The van der Waals surface area contributed by atoms with Crippen molar-refractivity contribution < 1.29 is 0 Å². The number of rotatable bonds is 18. The van der Waals surface area contributed by atoms with Gasteiger partial charge in [0.25, 0.3) is 0 Å². The predicted molar refractivity (Wildman–Crippen MR) is 102 cm³/mol. The highest BCUT2D eigenvalue weighted by Crippen LogP contribution is 2.01. The quantitative estimate of drug-likeness (QED) is 0.209. The Bertz CT molecular complexity index is 185. The van der Waals surface area contributed by atoms with Crippen LogP contribution >= 0.6 is 0 Å². The third-order valence-electron chi connectivity index (χ3n) is 4.00. The molecule has 0 amide bonds. The molecule has 6 heteroatoms. The average molecular weight is 331 g/mol. The first-order valence-electron chi connectivity index (χ1n) is 9.31. The fourth-order valence-corrected chi connectivity index (χ4v) is 2.71. The molecular formula is C17H42N6. The molecule has 140 valence electrons. The maximum atomic E-state index is 3.26. The molecule has 0 bridgehead atoms. The molecule has 0 saturated heterocycles.